The van der Waals surface area contributed by atoms with Gasteiger partial charge in [-0.05, 0) is 11.3 Å². The standard InChI is InChI=1S/C10H9N5O/c16-6-10-12-14-15(13-10)9-5-11-8-4-2-1-3-7(8)9/h1-5,11,16H,6H2. The molecule has 0 bridgehead atoms. The molecule has 2 heterocycles. The smallest absolute Gasteiger partial charge is 0.200 e. The average molecular weight is 215 g/mol. The maximum Gasteiger partial charge on any atom is 0.200 e. The van der Waals surface area contributed by atoms with E-state index in [9.17, 15) is 0 Å². The molecule has 6 heteroatoms. The molecule has 0 saturated heterocycles. The van der Waals surface area contributed by atoms with E-state index in [1.165, 1.54) is 4.80 Å². The first kappa shape index (κ1) is 9.05. The molecule has 2 aromatic heterocycles. The molecule has 0 amide bonds. The van der Waals surface area contributed by atoms with Crippen molar-refractivity contribution in [2.24, 2.45) is 0 Å². The zero-order valence-electron chi connectivity index (χ0n) is 8.33. The van der Waals surface area contributed by atoms with Crippen molar-refractivity contribution in [3.8, 4) is 5.69 Å². The number of aliphatic hydroxyl groups is 1. The average Bonchev–Trinajstić information content (AvgIpc) is 2.94. The Bertz CT molecular complexity index is 627. The lowest BCUT2D eigenvalue weighted by Crippen LogP contribution is -1.98. The summed E-state index contributed by atoms with van der Waals surface area (Å²) in [5, 5.41) is 21.5. The fraction of sp³-hybridized carbons (Fsp3) is 0.100. The first-order valence-electron chi connectivity index (χ1n) is 4.85. The molecule has 16 heavy (non-hydrogen) atoms. The molecule has 0 aliphatic carbocycles. The first-order chi connectivity index (χ1) is 7.88. The van der Waals surface area contributed by atoms with Crippen LogP contribution in [0.4, 0.5) is 0 Å². The molecular weight excluding hydrogens is 206 g/mol. The summed E-state index contributed by atoms with van der Waals surface area (Å²) in [4.78, 5) is 4.53. The molecule has 0 unspecified atom stereocenters. The van der Waals surface area contributed by atoms with Crippen molar-refractivity contribution in [2.75, 3.05) is 0 Å². The highest BCUT2D eigenvalue weighted by Crippen LogP contribution is 2.19. The Morgan fingerprint density at radius 2 is 2.19 bits per heavy atom. The van der Waals surface area contributed by atoms with E-state index in [0.717, 1.165) is 16.6 Å². The van der Waals surface area contributed by atoms with Crippen molar-refractivity contribution in [2.45, 2.75) is 6.61 Å². The fourth-order valence-corrected chi connectivity index (χ4v) is 1.63. The second-order valence-electron chi connectivity index (χ2n) is 3.37. The molecule has 1 aromatic carbocycles. The molecular formula is C10H9N5O. The number of nitrogens with one attached hydrogen (secondary N) is 1. The van der Waals surface area contributed by atoms with Gasteiger partial charge in [0.1, 0.15) is 12.3 Å². The normalized spacial score (nSPS) is 11.1. The summed E-state index contributed by atoms with van der Waals surface area (Å²) in [5.74, 6) is 0.310. The second-order valence-corrected chi connectivity index (χ2v) is 3.37. The molecule has 6 nitrogen and oxygen atoms in total. The fourth-order valence-electron chi connectivity index (χ4n) is 1.63. The molecule has 0 radical (unpaired) electrons. The summed E-state index contributed by atoms with van der Waals surface area (Å²) in [5.41, 5.74) is 1.84. The van der Waals surface area contributed by atoms with Crippen LogP contribution in [-0.2, 0) is 6.61 Å². The van der Waals surface area contributed by atoms with Crippen LogP contribution in [0, 0.1) is 0 Å². The van der Waals surface area contributed by atoms with Crippen molar-refractivity contribution >= 4 is 10.9 Å². The number of para-hydroxylation sites is 1. The molecule has 80 valence electrons. The Morgan fingerprint density at radius 3 is 3.00 bits per heavy atom. The van der Waals surface area contributed by atoms with Crippen LogP contribution >= 0.6 is 0 Å². The molecule has 3 rings (SSSR count). The minimum absolute atomic E-state index is 0.206. The second kappa shape index (κ2) is 3.42. The van der Waals surface area contributed by atoms with Gasteiger partial charge < -0.3 is 10.1 Å². The maximum atomic E-state index is 8.88. The monoisotopic (exact) mass is 215 g/mol. The number of hydrogen-bond acceptors (Lipinski definition) is 4. The van der Waals surface area contributed by atoms with E-state index >= 15 is 0 Å². The Labute approximate surface area is 90.5 Å². The zero-order chi connectivity index (χ0) is 11.0. The molecule has 2 N–H and O–H groups in total. The Morgan fingerprint density at radius 1 is 1.31 bits per heavy atom. The number of aromatic nitrogens is 5. The number of aromatic amines is 1. The quantitative estimate of drug-likeness (QED) is 0.657. The van der Waals surface area contributed by atoms with E-state index in [4.69, 9.17) is 5.11 Å². The molecule has 0 aliphatic rings. The van der Waals surface area contributed by atoms with Crippen LogP contribution in [0.1, 0.15) is 5.82 Å². The molecule has 0 spiro atoms. The lowest BCUT2D eigenvalue weighted by Gasteiger charge is -1.94. The minimum Gasteiger partial charge on any atom is -0.388 e. The van der Waals surface area contributed by atoms with Gasteiger partial charge in [-0.3, -0.25) is 0 Å². The van der Waals surface area contributed by atoms with Gasteiger partial charge in [0.2, 0.25) is 5.82 Å². The Hall–Kier alpha value is -2.21. The van der Waals surface area contributed by atoms with Gasteiger partial charge in [0.15, 0.2) is 0 Å². The van der Waals surface area contributed by atoms with Crippen molar-refractivity contribution in [3.63, 3.8) is 0 Å². The number of aliphatic hydroxyl groups excluding tert-OH is 1. The number of tetrazole rings is 1. The zero-order valence-corrected chi connectivity index (χ0v) is 8.33. The van der Waals surface area contributed by atoms with Gasteiger partial charge in [-0.2, -0.15) is 0 Å². The third-order valence-electron chi connectivity index (χ3n) is 2.38. The molecule has 3 aromatic rings. The maximum absolute atomic E-state index is 8.88. The lowest BCUT2D eigenvalue weighted by molar-refractivity contribution is 0.271. The number of rotatable bonds is 2. The van der Waals surface area contributed by atoms with Gasteiger partial charge >= 0.3 is 0 Å². The van der Waals surface area contributed by atoms with Crippen LogP contribution in [-0.4, -0.2) is 30.3 Å². The number of H-pyrrole nitrogens is 1. The van der Waals surface area contributed by atoms with E-state index in [1.54, 1.807) is 0 Å². The third kappa shape index (κ3) is 1.28. The Kier molecular flexibility index (Phi) is 1.94. The predicted molar refractivity (Wildman–Crippen MR) is 56.9 cm³/mol. The summed E-state index contributed by atoms with van der Waals surface area (Å²) in [6, 6.07) is 7.85. The Balaban J connectivity index is 2.18. The van der Waals surface area contributed by atoms with Gasteiger partial charge in [0.25, 0.3) is 0 Å². The summed E-state index contributed by atoms with van der Waals surface area (Å²) in [6.07, 6.45) is 1.81. The van der Waals surface area contributed by atoms with Crippen LogP contribution in [0.2, 0.25) is 0 Å². The summed E-state index contributed by atoms with van der Waals surface area (Å²) in [7, 11) is 0. The SMILES string of the molecule is OCc1nnn(-c2c[nH]c3ccccc23)n1. The molecule has 0 atom stereocenters. The summed E-state index contributed by atoms with van der Waals surface area (Å²) < 4.78 is 0. The van der Waals surface area contributed by atoms with Gasteiger partial charge in [-0.1, -0.05) is 18.2 Å². The number of benzene rings is 1. The van der Waals surface area contributed by atoms with E-state index in [2.05, 4.69) is 20.4 Å². The van der Waals surface area contributed by atoms with Gasteiger partial charge in [-0.25, -0.2) is 0 Å². The summed E-state index contributed by atoms with van der Waals surface area (Å²) >= 11 is 0. The topological polar surface area (TPSA) is 79.6 Å². The highest BCUT2D eigenvalue weighted by atomic mass is 16.3. The van der Waals surface area contributed by atoms with Crippen LogP contribution in [0.25, 0.3) is 16.6 Å². The van der Waals surface area contributed by atoms with Crippen LogP contribution < -0.4 is 0 Å². The van der Waals surface area contributed by atoms with E-state index in [-0.39, 0.29) is 6.61 Å². The van der Waals surface area contributed by atoms with Crippen molar-refractivity contribution in [3.05, 3.63) is 36.3 Å². The largest absolute Gasteiger partial charge is 0.388 e. The van der Waals surface area contributed by atoms with Crippen LogP contribution in [0.3, 0.4) is 0 Å². The van der Waals surface area contributed by atoms with Crippen molar-refractivity contribution in [1.82, 2.24) is 25.2 Å². The van der Waals surface area contributed by atoms with Crippen LogP contribution in [0.5, 0.6) is 0 Å². The summed E-state index contributed by atoms with van der Waals surface area (Å²) in [6.45, 7) is -0.206. The number of hydrogen-bond donors (Lipinski definition) is 2. The third-order valence-corrected chi connectivity index (χ3v) is 2.38. The molecule has 0 aliphatic heterocycles. The first-order valence-corrected chi connectivity index (χ1v) is 4.85. The van der Waals surface area contributed by atoms with Crippen molar-refractivity contribution in [1.29, 1.82) is 0 Å². The van der Waals surface area contributed by atoms with Gasteiger partial charge in [0, 0.05) is 17.1 Å². The highest BCUT2D eigenvalue weighted by molar-refractivity contribution is 5.87. The molecule has 0 saturated carbocycles. The molecule has 0 fully saturated rings. The van der Waals surface area contributed by atoms with Crippen molar-refractivity contribution < 1.29 is 5.11 Å². The van der Waals surface area contributed by atoms with Gasteiger partial charge in [-0.15, -0.1) is 15.0 Å². The van der Waals surface area contributed by atoms with Crippen LogP contribution in [0.15, 0.2) is 30.5 Å². The lowest BCUT2D eigenvalue weighted by atomic mass is 10.2. The minimum atomic E-state index is -0.206. The van der Waals surface area contributed by atoms with Gasteiger partial charge in [0.05, 0.1) is 0 Å². The number of nitrogens with zero attached hydrogens (tertiary/aromatic N) is 4. The predicted octanol–water partition coefficient (Wildman–Crippen LogP) is 0.636. The van der Waals surface area contributed by atoms with E-state index in [1.807, 2.05) is 30.5 Å². The van der Waals surface area contributed by atoms with E-state index in [0.29, 0.717) is 5.82 Å². The highest BCUT2D eigenvalue weighted by Gasteiger charge is 2.08. The number of fused-ring (bicyclic) bond motifs is 1. The van der Waals surface area contributed by atoms with E-state index < -0.39 is 0 Å².